The van der Waals surface area contributed by atoms with Crippen LogP contribution in [-0.2, 0) is 14.8 Å². The van der Waals surface area contributed by atoms with E-state index in [-0.39, 0.29) is 29.7 Å². The molecule has 0 spiro atoms. The Morgan fingerprint density at radius 2 is 2.04 bits per heavy atom. The molecule has 0 atom stereocenters. The summed E-state index contributed by atoms with van der Waals surface area (Å²) >= 11 is 0. The Bertz CT molecular complexity index is 428. The number of ether oxygens (including phenoxy) is 1. The Balaban J connectivity index is 0.00000484. The third-order valence-corrected chi connectivity index (χ3v) is 4.95. The SMILES string of the molecule is CCNC(=NCCCOC)NCCS(=O)(=O)NCC1CCC1.I. The van der Waals surface area contributed by atoms with Gasteiger partial charge in [-0.2, -0.15) is 0 Å². The van der Waals surface area contributed by atoms with Crippen molar-refractivity contribution in [3.8, 4) is 0 Å². The van der Waals surface area contributed by atoms with Crippen molar-refractivity contribution in [2.24, 2.45) is 10.9 Å². The van der Waals surface area contributed by atoms with Crippen molar-refractivity contribution in [1.29, 1.82) is 0 Å². The Morgan fingerprint density at radius 3 is 2.61 bits per heavy atom. The molecule has 3 N–H and O–H groups in total. The van der Waals surface area contributed by atoms with E-state index in [9.17, 15) is 8.42 Å². The molecule has 0 aromatic carbocycles. The van der Waals surface area contributed by atoms with E-state index in [1.54, 1.807) is 7.11 Å². The number of hydrogen-bond acceptors (Lipinski definition) is 4. The largest absolute Gasteiger partial charge is 0.385 e. The topological polar surface area (TPSA) is 91.8 Å². The van der Waals surface area contributed by atoms with E-state index in [1.165, 1.54) is 6.42 Å². The summed E-state index contributed by atoms with van der Waals surface area (Å²) in [5.74, 6) is 1.23. The quantitative estimate of drug-likeness (QED) is 0.184. The van der Waals surface area contributed by atoms with Gasteiger partial charge in [-0.05, 0) is 32.1 Å². The van der Waals surface area contributed by atoms with Crippen molar-refractivity contribution < 1.29 is 13.2 Å². The molecule has 0 aromatic heterocycles. The molecule has 1 aliphatic rings. The third kappa shape index (κ3) is 11.1. The van der Waals surface area contributed by atoms with Crippen molar-refractivity contribution in [3.63, 3.8) is 0 Å². The predicted octanol–water partition coefficient (Wildman–Crippen LogP) is 0.916. The maximum absolute atomic E-state index is 11.9. The van der Waals surface area contributed by atoms with Crippen LogP contribution in [0.1, 0.15) is 32.6 Å². The van der Waals surface area contributed by atoms with Crippen LogP contribution in [0.5, 0.6) is 0 Å². The monoisotopic (exact) mass is 462 g/mol. The zero-order valence-corrected chi connectivity index (χ0v) is 17.3. The zero-order chi connectivity index (χ0) is 16.3. The molecule has 0 aliphatic heterocycles. The van der Waals surface area contributed by atoms with Gasteiger partial charge in [0, 0.05) is 39.9 Å². The van der Waals surface area contributed by atoms with Crippen LogP contribution >= 0.6 is 24.0 Å². The standard InChI is InChI=1S/C14H30N4O3S.HI/c1-3-15-14(16-8-5-10-21-2)17-9-11-22(19,20)18-12-13-6-4-7-13;/h13,18H,3-12H2,1-2H3,(H2,15,16,17);1H. The lowest BCUT2D eigenvalue weighted by atomic mass is 9.86. The van der Waals surface area contributed by atoms with Gasteiger partial charge < -0.3 is 15.4 Å². The van der Waals surface area contributed by atoms with Gasteiger partial charge in [-0.3, -0.25) is 4.99 Å². The number of aliphatic imine (C=N–C) groups is 1. The van der Waals surface area contributed by atoms with E-state index in [0.717, 1.165) is 25.8 Å². The van der Waals surface area contributed by atoms with Gasteiger partial charge in [0.1, 0.15) is 0 Å². The molecule has 23 heavy (non-hydrogen) atoms. The maximum atomic E-state index is 11.9. The van der Waals surface area contributed by atoms with Gasteiger partial charge in [0.2, 0.25) is 10.0 Å². The predicted molar refractivity (Wildman–Crippen MR) is 105 cm³/mol. The first-order valence-corrected chi connectivity index (χ1v) is 9.71. The Kier molecular flexibility index (Phi) is 13.1. The second-order valence-electron chi connectivity index (χ2n) is 5.50. The molecular weight excluding hydrogens is 431 g/mol. The van der Waals surface area contributed by atoms with Crippen LogP contribution in [0, 0.1) is 5.92 Å². The van der Waals surface area contributed by atoms with E-state index in [1.807, 2.05) is 6.92 Å². The van der Waals surface area contributed by atoms with Gasteiger partial charge in [-0.25, -0.2) is 13.1 Å². The number of halogens is 1. The summed E-state index contributed by atoms with van der Waals surface area (Å²) in [4.78, 5) is 4.37. The molecule has 1 fully saturated rings. The lowest BCUT2D eigenvalue weighted by Gasteiger charge is -2.25. The fraction of sp³-hybridized carbons (Fsp3) is 0.929. The molecule has 0 heterocycles. The Labute approximate surface area is 157 Å². The lowest BCUT2D eigenvalue weighted by Crippen LogP contribution is -2.42. The minimum Gasteiger partial charge on any atom is -0.385 e. The van der Waals surface area contributed by atoms with Crippen molar-refractivity contribution in [2.45, 2.75) is 32.6 Å². The summed E-state index contributed by atoms with van der Waals surface area (Å²) in [6, 6.07) is 0. The molecule has 0 saturated heterocycles. The fourth-order valence-electron chi connectivity index (χ4n) is 2.06. The van der Waals surface area contributed by atoms with E-state index < -0.39 is 10.0 Å². The molecule has 1 saturated carbocycles. The summed E-state index contributed by atoms with van der Waals surface area (Å²) in [6.07, 6.45) is 4.34. The number of nitrogens with one attached hydrogen (secondary N) is 3. The van der Waals surface area contributed by atoms with Gasteiger partial charge in [0.15, 0.2) is 5.96 Å². The van der Waals surface area contributed by atoms with E-state index >= 15 is 0 Å². The van der Waals surface area contributed by atoms with Crippen LogP contribution in [0.3, 0.4) is 0 Å². The van der Waals surface area contributed by atoms with Crippen LogP contribution in [0.4, 0.5) is 0 Å². The highest BCUT2D eigenvalue weighted by molar-refractivity contribution is 14.0. The number of sulfonamides is 1. The number of hydrogen-bond donors (Lipinski definition) is 3. The molecular formula is C14H31IN4O3S. The normalized spacial score (nSPS) is 15.7. The van der Waals surface area contributed by atoms with Crippen LogP contribution in [-0.4, -0.2) is 60.0 Å². The van der Waals surface area contributed by atoms with Crippen molar-refractivity contribution in [3.05, 3.63) is 0 Å². The lowest BCUT2D eigenvalue weighted by molar-refractivity contribution is 0.197. The second kappa shape index (κ2) is 13.2. The van der Waals surface area contributed by atoms with Gasteiger partial charge in [-0.15, -0.1) is 24.0 Å². The Hall–Kier alpha value is -0.130. The average Bonchev–Trinajstić information content (AvgIpc) is 2.41. The molecule has 0 amide bonds. The maximum Gasteiger partial charge on any atom is 0.213 e. The molecule has 1 rings (SSSR count). The molecule has 1 aliphatic carbocycles. The fourth-order valence-corrected chi connectivity index (χ4v) is 3.06. The molecule has 0 bridgehead atoms. The highest BCUT2D eigenvalue weighted by atomic mass is 127. The van der Waals surface area contributed by atoms with Crippen molar-refractivity contribution in [1.82, 2.24) is 15.4 Å². The minimum absolute atomic E-state index is 0. The number of rotatable bonds is 11. The highest BCUT2D eigenvalue weighted by Crippen LogP contribution is 2.25. The van der Waals surface area contributed by atoms with E-state index in [0.29, 0.717) is 38.1 Å². The van der Waals surface area contributed by atoms with Crippen molar-refractivity contribution in [2.75, 3.05) is 45.6 Å². The van der Waals surface area contributed by atoms with Gasteiger partial charge in [0.25, 0.3) is 0 Å². The summed E-state index contributed by atoms with van der Waals surface area (Å²) in [5, 5.41) is 6.15. The van der Waals surface area contributed by atoms with E-state index in [4.69, 9.17) is 4.74 Å². The van der Waals surface area contributed by atoms with Gasteiger partial charge >= 0.3 is 0 Å². The zero-order valence-electron chi connectivity index (χ0n) is 14.1. The summed E-state index contributed by atoms with van der Waals surface area (Å²) in [6.45, 7) is 4.95. The highest BCUT2D eigenvalue weighted by Gasteiger charge is 2.19. The molecule has 0 unspecified atom stereocenters. The molecule has 7 nitrogen and oxygen atoms in total. The van der Waals surface area contributed by atoms with Crippen LogP contribution in [0.25, 0.3) is 0 Å². The van der Waals surface area contributed by atoms with Crippen LogP contribution < -0.4 is 15.4 Å². The first-order chi connectivity index (χ1) is 10.6. The van der Waals surface area contributed by atoms with Crippen LogP contribution in [0.2, 0.25) is 0 Å². The smallest absolute Gasteiger partial charge is 0.213 e. The summed E-state index contributed by atoms with van der Waals surface area (Å²) in [5.41, 5.74) is 0. The van der Waals surface area contributed by atoms with Crippen LogP contribution in [0.15, 0.2) is 4.99 Å². The first kappa shape index (κ1) is 22.9. The van der Waals surface area contributed by atoms with Crippen molar-refractivity contribution >= 4 is 40.0 Å². The third-order valence-electron chi connectivity index (χ3n) is 3.60. The summed E-state index contributed by atoms with van der Waals surface area (Å²) < 4.78 is 31.4. The van der Waals surface area contributed by atoms with Gasteiger partial charge in [-0.1, -0.05) is 6.42 Å². The minimum atomic E-state index is -3.21. The second-order valence-corrected chi connectivity index (χ2v) is 7.42. The molecule has 138 valence electrons. The number of nitrogens with zero attached hydrogens (tertiary/aromatic N) is 1. The Morgan fingerprint density at radius 1 is 1.30 bits per heavy atom. The van der Waals surface area contributed by atoms with Gasteiger partial charge in [0.05, 0.1) is 5.75 Å². The summed E-state index contributed by atoms with van der Waals surface area (Å²) in [7, 11) is -1.55. The number of methoxy groups -OCH3 is 1. The first-order valence-electron chi connectivity index (χ1n) is 8.06. The molecule has 0 radical (unpaired) electrons. The molecule has 9 heteroatoms. The average molecular weight is 462 g/mol. The molecule has 0 aromatic rings. The van der Waals surface area contributed by atoms with E-state index in [2.05, 4.69) is 20.3 Å². The number of guanidine groups is 1.